The van der Waals surface area contributed by atoms with Crippen molar-refractivity contribution in [3.05, 3.63) is 41.5 Å². The van der Waals surface area contributed by atoms with Crippen LogP contribution in [0.3, 0.4) is 0 Å². The number of aryl methyl sites for hydroxylation is 2. The summed E-state index contributed by atoms with van der Waals surface area (Å²) in [6.07, 6.45) is 2.26. The number of rotatable bonds is 7. The second kappa shape index (κ2) is 6.50. The van der Waals surface area contributed by atoms with E-state index < -0.39 is 8.80 Å². The molecule has 0 amide bonds. The van der Waals surface area contributed by atoms with E-state index in [4.69, 9.17) is 13.3 Å². The molecule has 0 saturated carbocycles. The Bertz CT molecular complexity index is 641. The Balaban J connectivity index is 2.22. The highest BCUT2D eigenvalue weighted by Crippen LogP contribution is 2.31. The normalized spacial score (nSPS) is 14.0. The first-order chi connectivity index (χ1) is 10.8. The van der Waals surface area contributed by atoms with Gasteiger partial charge in [0.1, 0.15) is 0 Å². The van der Waals surface area contributed by atoms with E-state index >= 15 is 0 Å². The average Bonchev–Trinajstić information content (AvgIpc) is 2.94. The molecule has 0 unspecified atom stereocenters. The summed E-state index contributed by atoms with van der Waals surface area (Å²) >= 11 is 0. The fourth-order valence-corrected chi connectivity index (χ4v) is 6.12. The molecule has 0 heterocycles. The van der Waals surface area contributed by atoms with Gasteiger partial charge in [-0.05, 0) is 55.5 Å². The van der Waals surface area contributed by atoms with E-state index in [9.17, 15) is 0 Å². The minimum Gasteiger partial charge on any atom is -0.370 e. The van der Waals surface area contributed by atoms with Gasteiger partial charge in [0.2, 0.25) is 0 Å². The maximum absolute atomic E-state index is 6.10. The third-order valence-electron chi connectivity index (χ3n) is 4.21. The van der Waals surface area contributed by atoms with Gasteiger partial charge in [-0.2, -0.15) is 0 Å². The first kappa shape index (κ1) is 15.7. The third-order valence-corrected chi connectivity index (χ3v) is 7.31. The Morgan fingerprint density at radius 1 is 0.818 bits per heavy atom. The van der Waals surface area contributed by atoms with Gasteiger partial charge in [-0.3, -0.25) is 0 Å². The van der Waals surface area contributed by atoms with Gasteiger partial charge >= 0.3 is 8.80 Å². The molecule has 118 valence electrons. The summed E-state index contributed by atoms with van der Waals surface area (Å²) < 4.78 is 18.3. The molecule has 1 aliphatic carbocycles. The smallest absolute Gasteiger partial charge is 0.370 e. The molecular formula is C18H24O3Si. The van der Waals surface area contributed by atoms with Crippen LogP contribution in [-0.2, 0) is 26.1 Å². The molecule has 0 radical (unpaired) electrons. The van der Waals surface area contributed by atoms with Gasteiger partial charge in [0.05, 0.1) is 0 Å². The van der Waals surface area contributed by atoms with Crippen molar-refractivity contribution in [3.63, 3.8) is 0 Å². The van der Waals surface area contributed by atoms with Crippen molar-refractivity contribution >= 4 is 24.8 Å². The molecule has 0 spiro atoms. The number of hydrogen-bond acceptors (Lipinski definition) is 3. The predicted molar refractivity (Wildman–Crippen MR) is 91.6 cm³/mol. The van der Waals surface area contributed by atoms with Crippen molar-refractivity contribution in [1.29, 1.82) is 0 Å². The molecular weight excluding hydrogens is 292 g/mol. The molecule has 0 saturated heterocycles. The standard InChI is InChI=1S/C18H24O3Si/c1-4-19-22(20-5-2,21-6-3)17-13-12-15-11-10-14-8-7-9-16(17)18(14)15/h7-9,12-13H,4-6,10-11H2,1-3H3. The zero-order valence-electron chi connectivity index (χ0n) is 13.6. The van der Waals surface area contributed by atoms with Crippen LogP contribution < -0.4 is 5.19 Å². The van der Waals surface area contributed by atoms with E-state index in [1.165, 1.54) is 21.9 Å². The topological polar surface area (TPSA) is 27.7 Å². The summed E-state index contributed by atoms with van der Waals surface area (Å²) in [5, 5.41) is 3.74. The zero-order valence-corrected chi connectivity index (χ0v) is 14.6. The molecule has 2 aromatic carbocycles. The lowest BCUT2D eigenvalue weighted by Gasteiger charge is -2.29. The molecule has 0 N–H and O–H groups in total. The van der Waals surface area contributed by atoms with Crippen LogP contribution in [-0.4, -0.2) is 28.6 Å². The molecule has 4 heteroatoms. The van der Waals surface area contributed by atoms with Crippen molar-refractivity contribution < 1.29 is 13.3 Å². The lowest BCUT2D eigenvalue weighted by molar-refractivity contribution is 0.0862. The maximum atomic E-state index is 6.10. The quantitative estimate of drug-likeness (QED) is 0.734. The highest BCUT2D eigenvalue weighted by Gasteiger charge is 2.44. The number of benzene rings is 2. The van der Waals surface area contributed by atoms with E-state index in [0.29, 0.717) is 19.8 Å². The third kappa shape index (κ3) is 2.50. The van der Waals surface area contributed by atoms with Crippen LogP contribution in [0.1, 0.15) is 31.9 Å². The second-order valence-corrected chi connectivity index (χ2v) is 7.98. The molecule has 0 atom stereocenters. The highest BCUT2D eigenvalue weighted by molar-refractivity contribution is 6.77. The van der Waals surface area contributed by atoms with Gasteiger partial charge in [-0.1, -0.05) is 30.3 Å². The van der Waals surface area contributed by atoms with Gasteiger partial charge in [0.15, 0.2) is 0 Å². The summed E-state index contributed by atoms with van der Waals surface area (Å²) in [6, 6.07) is 10.9. The first-order valence-corrected chi connectivity index (χ1v) is 9.94. The van der Waals surface area contributed by atoms with E-state index in [1.54, 1.807) is 0 Å². The fraction of sp³-hybridized carbons (Fsp3) is 0.444. The summed E-state index contributed by atoms with van der Waals surface area (Å²) in [5.41, 5.74) is 2.86. The van der Waals surface area contributed by atoms with Crippen molar-refractivity contribution in [3.8, 4) is 0 Å². The molecule has 0 fully saturated rings. The summed E-state index contributed by atoms with van der Waals surface area (Å²) in [5.74, 6) is 0. The van der Waals surface area contributed by atoms with Crippen LogP contribution in [0.4, 0.5) is 0 Å². The lowest BCUT2D eigenvalue weighted by Crippen LogP contribution is -2.57. The maximum Gasteiger partial charge on any atom is 0.537 e. The largest absolute Gasteiger partial charge is 0.537 e. The Kier molecular flexibility index (Phi) is 4.64. The first-order valence-electron chi connectivity index (χ1n) is 8.21. The van der Waals surface area contributed by atoms with Crippen LogP contribution in [0, 0.1) is 0 Å². The average molecular weight is 316 g/mol. The Morgan fingerprint density at radius 3 is 2.00 bits per heavy atom. The van der Waals surface area contributed by atoms with Crippen LogP contribution >= 0.6 is 0 Å². The number of hydrogen-bond donors (Lipinski definition) is 0. The van der Waals surface area contributed by atoms with Crippen LogP contribution in [0.2, 0.25) is 0 Å². The Labute approximate surface area is 133 Å². The summed E-state index contributed by atoms with van der Waals surface area (Å²) in [6.45, 7) is 7.78. The van der Waals surface area contributed by atoms with Crippen LogP contribution in [0.15, 0.2) is 30.3 Å². The zero-order chi connectivity index (χ0) is 15.6. The minimum absolute atomic E-state index is 0.592. The Morgan fingerprint density at radius 2 is 1.41 bits per heavy atom. The van der Waals surface area contributed by atoms with E-state index in [1.807, 2.05) is 20.8 Å². The van der Waals surface area contributed by atoms with E-state index in [-0.39, 0.29) is 0 Å². The molecule has 0 aromatic heterocycles. The molecule has 22 heavy (non-hydrogen) atoms. The predicted octanol–water partition coefficient (Wildman–Crippen LogP) is 3.19. The Hall–Kier alpha value is -1.20. The SMILES string of the molecule is CCO[Si](OCC)(OCC)c1ccc2c3c(cccc13)CC2. The summed E-state index contributed by atoms with van der Waals surface area (Å²) in [7, 11) is -2.85. The van der Waals surface area contributed by atoms with Gasteiger partial charge in [0.25, 0.3) is 0 Å². The molecule has 3 nitrogen and oxygen atoms in total. The van der Waals surface area contributed by atoms with Gasteiger partial charge in [-0.15, -0.1) is 0 Å². The second-order valence-electron chi connectivity index (χ2n) is 5.47. The van der Waals surface area contributed by atoms with Crippen molar-refractivity contribution in [2.24, 2.45) is 0 Å². The van der Waals surface area contributed by atoms with Gasteiger partial charge in [-0.25, -0.2) is 0 Å². The molecule has 0 aliphatic heterocycles. The van der Waals surface area contributed by atoms with Crippen molar-refractivity contribution in [1.82, 2.24) is 0 Å². The highest BCUT2D eigenvalue weighted by atomic mass is 28.4. The molecule has 3 rings (SSSR count). The van der Waals surface area contributed by atoms with Gasteiger partial charge in [0, 0.05) is 25.0 Å². The molecule has 2 aromatic rings. The minimum atomic E-state index is -2.85. The molecule has 0 bridgehead atoms. The van der Waals surface area contributed by atoms with E-state index in [0.717, 1.165) is 18.0 Å². The van der Waals surface area contributed by atoms with Crippen LogP contribution in [0.25, 0.3) is 10.8 Å². The fourth-order valence-electron chi connectivity index (χ4n) is 3.44. The van der Waals surface area contributed by atoms with E-state index in [2.05, 4.69) is 30.3 Å². The molecule has 1 aliphatic rings. The van der Waals surface area contributed by atoms with Crippen molar-refractivity contribution in [2.75, 3.05) is 19.8 Å². The van der Waals surface area contributed by atoms with Crippen LogP contribution in [0.5, 0.6) is 0 Å². The summed E-state index contributed by atoms with van der Waals surface area (Å²) in [4.78, 5) is 0. The van der Waals surface area contributed by atoms with Crippen molar-refractivity contribution in [2.45, 2.75) is 33.6 Å². The monoisotopic (exact) mass is 316 g/mol. The van der Waals surface area contributed by atoms with Gasteiger partial charge < -0.3 is 13.3 Å². The lowest BCUT2D eigenvalue weighted by atomic mass is 10.1.